The van der Waals surface area contributed by atoms with Crippen molar-refractivity contribution < 1.29 is 0 Å². The van der Waals surface area contributed by atoms with Gasteiger partial charge < -0.3 is 20.4 Å². The summed E-state index contributed by atoms with van der Waals surface area (Å²) in [6, 6.07) is 10.8. The second-order valence-electron chi connectivity index (χ2n) is 10.1. The summed E-state index contributed by atoms with van der Waals surface area (Å²) < 4.78 is 1.97. The van der Waals surface area contributed by atoms with Crippen LogP contribution in [-0.2, 0) is 13.0 Å². The van der Waals surface area contributed by atoms with Gasteiger partial charge in [-0.1, -0.05) is 30.3 Å². The van der Waals surface area contributed by atoms with Gasteiger partial charge in [-0.2, -0.15) is 10.1 Å². The van der Waals surface area contributed by atoms with Gasteiger partial charge in [0.25, 0.3) is 0 Å². The molecule has 4 aromatic rings. The zero-order chi connectivity index (χ0) is 26.4. The standard InChI is InChI=1S/C27H34N12/c1-36-8-7-28-17-24(36)19-39-18-23(16-33-39)34-25-31-20-32-27(35-25)38-11-9-37(10-12-38)26-29-14-22(15-30-26)13-21-5-3-2-4-6-21/h2-6,14-16,18,20,24,28H,7-13,17,19H2,1H3,(H,31,32,34,35)/t24-/m0/s1. The van der Waals surface area contributed by atoms with Gasteiger partial charge in [0.1, 0.15) is 6.33 Å². The summed E-state index contributed by atoms with van der Waals surface area (Å²) in [6.45, 7) is 7.03. The van der Waals surface area contributed by atoms with Crippen molar-refractivity contribution in [1.29, 1.82) is 0 Å². The molecule has 2 saturated heterocycles. The number of hydrogen-bond donors (Lipinski definition) is 2. The minimum absolute atomic E-state index is 0.423. The van der Waals surface area contributed by atoms with E-state index < -0.39 is 0 Å². The van der Waals surface area contributed by atoms with Gasteiger partial charge in [-0.25, -0.2) is 19.9 Å². The predicted octanol–water partition coefficient (Wildman–Crippen LogP) is 1.42. The van der Waals surface area contributed by atoms with Crippen molar-refractivity contribution in [3.05, 3.63) is 72.6 Å². The molecule has 2 aliphatic rings. The molecule has 2 N–H and O–H groups in total. The first-order valence-corrected chi connectivity index (χ1v) is 13.4. The highest BCUT2D eigenvalue weighted by Gasteiger charge is 2.22. The van der Waals surface area contributed by atoms with Gasteiger partial charge in [0.05, 0.1) is 18.4 Å². The van der Waals surface area contributed by atoms with E-state index >= 15 is 0 Å². The van der Waals surface area contributed by atoms with Crippen molar-refractivity contribution in [2.24, 2.45) is 0 Å². The Bertz CT molecular complexity index is 1330. The van der Waals surface area contributed by atoms with Crippen LogP contribution in [0.4, 0.5) is 23.5 Å². The molecule has 12 heteroatoms. The molecule has 39 heavy (non-hydrogen) atoms. The third kappa shape index (κ3) is 6.29. The fourth-order valence-electron chi connectivity index (χ4n) is 4.98. The molecular weight excluding hydrogens is 492 g/mol. The molecule has 5 heterocycles. The molecule has 3 aromatic heterocycles. The van der Waals surface area contributed by atoms with Crippen LogP contribution in [0, 0.1) is 0 Å². The molecule has 0 spiro atoms. The first-order chi connectivity index (χ1) is 19.2. The molecule has 0 saturated carbocycles. The molecule has 2 fully saturated rings. The molecule has 1 aromatic carbocycles. The summed E-state index contributed by atoms with van der Waals surface area (Å²) in [5.41, 5.74) is 3.22. The predicted molar refractivity (Wildman–Crippen MR) is 150 cm³/mol. The van der Waals surface area contributed by atoms with Gasteiger partial charge in [0.2, 0.25) is 17.8 Å². The van der Waals surface area contributed by atoms with Crippen LogP contribution in [0.25, 0.3) is 0 Å². The summed E-state index contributed by atoms with van der Waals surface area (Å²) in [6.07, 6.45) is 10.1. The summed E-state index contributed by atoms with van der Waals surface area (Å²) in [5, 5.41) is 11.2. The van der Waals surface area contributed by atoms with E-state index in [-0.39, 0.29) is 0 Å². The van der Waals surface area contributed by atoms with Crippen LogP contribution in [0.3, 0.4) is 0 Å². The summed E-state index contributed by atoms with van der Waals surface area (Å²) in [7, 11) is 2.16. The minimum Gasteiger partial charge on any atom is -0.337 e. The summed E-state index contributed by atoms with van der Waals surface area (Å²) in [4.78, 5) is 29.4. The molecule has 0 amide bonds. The Labute approximate surface area is 228 Å². The zero-order valence-corrected chi connectivity index (χ0v) is 22.2. The molecule has 202 valence electrons. The molecule has 0 radical (unpaired) electrons. The van der Waals surface area contributed by atoms with Crippen molar-refractivity contribution in [3.63, 3.8) is 0 Å². The third-order valence-corrected chi connectivity index (χ3v) is 7.28. The average molecular weight is 527 g/mol. The third-order valence-electron chi connectivity index (χ3n) is 7.28. The number of nitrogens with one attached hydrogen (secondary N) is 2. The number of likely N-dealkylation sites (N-methyl/N-ethyl adjacent to an activating group) is 1. The second kappa shape index (κ2) is 11.7. The van der Waals surface area contributed by atoms with Crippen LogP contribution in [0.1, 0.15) is 11.1 Å². The Morgan fingerprint density at radius 3 is 2.41 bits per heavy atom. The summed E-state index contributed by atoms with van der Waals surface area (Å²) >= 11 is 0. The van der Waals surface area contributed by atoms with Gasteiger partial charge >= 0.3 is 0 Å². The molecule has 0 bridgehead atoms. The van der Waals surface area contributed by atoms with E-state index in [1.54, 1.807) is 6.33 Å². The van der Waals surface area contributed by atoms with Crippen molar-refractivity contribution >= 4 is 23.5 Å². The SMILES string of the molecule is CN1CCNC[C@H]1Cn1cc(Nc2ncnc(N3CCN(c4ncc(Cc5ccccc5)cn4)CC3)n2)cn1. The highest BCUT2D eigenvalue weighted by molar-refractivity contribution is 5.51. The van der Waals surface area contributed by atoms with Gasteiger partial charge in [-0.3, -0.25) is 9.58 Å². The maximum atomic E-state index is 4.67. The van der Waals surface area contributed by atoms with Gasteiger partial charge in [0.15, 0.2) is 0 Å². The van der Waals surface area contributed by atoms with Crippen LogP contribution in [0.15, 0.2) is 61.4 Å². The number of piperazine rings is 2. The molecule has 2 aliphatic heterocycles. The molecule has 0 unspecified atom stereocenters. The second-order valence-corrected chi connectivity index (χ2v) is 10.1. The molecule has 1 atom stereocenters. The van der Waals surface area contributed by atoms with Crippen LogP contribution in [-0.4, -0.2) is 98.5 Å². The smallest absolute Gasteiger partial charge is 0.232 e. The number of benzene rings is 1. The Hall–Kier alpha value is -4.16. The number of hydrogen-bond acceptors (Lipinski definition) is 11. The lowest BCUT2D eigenvalue weighted by Crippen LogP contribution is -2.51. The number of rotatable bonds is 8. The lowest BCUT2D eigenvalue weighted by atomic mass is 10.1. The lowest BCUT2D eigenvalue weighted by molar-refractivity contribution is 0.177. The van der Waals surface area contributed by atoms with E-state index in [4.69, 9.17) is 0 Å². The number of aromatic nitrogens is 7. The van der Waals surface area contributed by atoms with Crippen molar-refractivity contribution in [2.75, 3.05) is 68.0 Å². The Kier molecular flexibility index (Phi) is 7.54. The topological polar surface area (TPSA) is 116 Å². The van der Waals surface area contributed by atoms with Gasteiger partial charge in [0, 0.05) is 76.9 Å². The van der Waals surface area contributed by atoms with Crippen LogP contribution < -0.4 is 20.4 Å². The van der Waals surface area contributed by atoms with Crippen LogP contribution in [0.5, 0.6) is 0 Å². The highest BCUT2D eigenvalue weighted by atomic mass is 15.4. The molecular formula is C27H34N12. The fourth-order valence-corrected chi connectivity index (χ4v) is 4.98. The molecule has 6 rings (SSSR count). The van der Waals surface area contributed by atoms with Crippen molar-refractivity contribution in [1.82, 2.24) is 44.9 Å². The lowest BCUT2D eigenvalue weighted by Gasteiger charge is -2.34. The van der Waals surface area contributed by atoms with Gasteiger partial charge in [-0.05, 0) is 18.2 Å². The Morgan fingerprint density at radius 2 is 1.64 bits per heavy atom. The quantitative estimate of drug-likeness (QED) is 0.347. The van der Waals surface area contributed by atoms with Crippen LogP contribution in [0.2, 0.25) is 0 Å². The summed E-state index contributed by atoms with van der Waals surface area (Å²) in [5.74, 6) is 1.93. The van der Waals surface area contributed by atoms with Crippen molar-refractivity contribution in [3.8, 4) is 0 Å². The van der Waals surface area contributed by atoms with Gasteiger partial charge in [-0.15, -0.1) is 0 Å². The Balaban J connectivity index is 1.02. The molecule has 0 aliphatic carbocycles. The Morgan fingerprint density at radius 1 is 0.872 bits per heavy atom. The largest absolute Gasteiger partial charge is 0.337 e. The van der Waals surface area contributed by atoms with E-state index in [0.717, 1.165) is 76.0 Å². The zero-order valence-electron chi connectivity index (χ0n) is 22.2. The monoisotopic (exact) mass is 526 g/mol. The average Bonchev–Trinajstić information content (AvgIpc) is 3.42. The van der Waals surface area contributed by atoms with E-state index in [0.29, 0.717) is 17.9 Å². The minimum atomic E-state index is 0.423. The number of anilines is 4. The first-order valence-electron chi connectivity index (χ1n) is 13.4. The maximum absolute atomic E-state index is 4.67. The fraction of sp³-hybridized carbons (Fsp3) is 0.407. The van der Waals surface area contributed by atoms with E-state index in [1.807, 2.05) is 35.5 Å². The van der Waals surface area contributed by atoms with Crippen LogP contribution >= 0.6 is 0 Å². The van der Waals surface area contributed by atoms with Crippen molar-refractivity contribution in [2.45, 2.75) is 19.0 Å². The van der Waals surface area contributed by atoms with E-state index in [1.165, 1.54) is 5.56 Å². The molecule has 12 nitrogen and oxygen atoms in total. The normalized spacial score (nSPS) is 18.3. The first kappa shape index (κ1) is 25.1. The van der Waals surface area contributed by atoms with E-state index in [9.17, 15) is 0 Å². The number of nitrogens with zero attached hydrogens (tertiary/aromatic N) is 10. The maximum Gasteiger partial charge on any atom is 0.232 e. The van der Waals surface area contributed by atoms with E-state index in [2.05, 4.69) is 86.7 Å². The highest BCUT2D eigenvalue weighted by Crippen LogP contribution is 2.18.